The smallest absolute Gasteiger partial charge is 0.266 e. The number of ketones is 2. The molecule has 5 nitrogen and oxygen atoms in total. The van der Waals surface area contributed by atoms with E-state index < -0.39 is 0 Å². The molecule has 0 N–H and O–H groups in total. The molecule has 112 valence electrons. The summed E-state index contributed by atoms with van der Waals surface area (Å²) < 4.78 is 15.9. The van der Waals surface area contributed by atoms with E-state index in [1.165, 1.54) is 33.5 Å². The monoisotopic (exact) mass is 298 g/mol. The van der Waals surface area contributed by atoms with Crippen molar-refractivity contribution in [3.05, 3.63) is 45.5 Å². The minimum absolute atomic E-state index is 0.0785. The Bertz CT molecular complexity index is 871. The van der Waals surface area contributed by atoms with Crippen molar-refractivity contribution < 1.29 is 23.8 Å². The van der Waals surface area contributed by atoms with Crippen LogP contribution in [0.15, 0.2) is 24.0 Å². The van der Waals surface area contributed by atoms with Gasteiger partial charge in [0.1, 0.15) is 0 Å². The third-order valence-corrected chi connectivity index (χ3v) is 3.69. The van der Waals surface area contributed by atoms with Crippen LogP contribution in [0.25, 0.3) is 23.7 Å². The number of carbonyl (C=O) groups is 2. The molecule has 0 heterocycles. The second-order valence-corrected chi connectivity index (χ2v) is 4.80. The van der Waals surface area contributed by atoms with Crippen LogP contribution in [-0.2, 0) is 23.8 Å². The first-order valence-electron chi connectivity index (χ1n) is 6.64. The highest BCUT2D eigenvalue weighted by Crippen LogP contribution is 2.27. The van der Waals surface area contributed by atoms with Gasteiger partial charge in [-0.25, -0.2) is 0 Å². The van der Waals surface area contributed by atoms with Gasteiger partial charge in [0.2, 0.25) is 5.76 Å². The second kappa shape index (κ2) is 5.18. The number of fused-ring (bicyclic) bond motifs is 3. The van der Waals surface area contributed by atoms with Crippen LogP contribution in [-0.4, -0.2) is 32.9 Å². The Hall–Kier alpha value is -2.82. The van der Waals surface area contributed by atoms with Gasteiger partial charge in [-0.1, -0.05) is 6.07 Å². The molecule has 0 radical (unpaired) electrons. The predicted molar refractivity (Wildman–Crippen MR) is 80.6 cm³/mol. The number of allylic oxidation sites excluding steroid dienone is 1. The number of rotatable bonds is 3. The molecule has 0 spiro atoms. The molecule has 0 aliphatic heterocycles. The summed E-state index contributed by atoms with van der Waals surface area (Å²) in [6.45, 7) is 0. The molecular formula is C17H14O5. The molecule has 3 rings (SSSR count). The summed E-state index contributed by atoms with van der Waals surface area (Å²) >= 11 is 0. The summed E-state index contributed by atoms with van der Waals surface area (Å²) in [4.78, 5) is 24.0. The van der Waals surface area contributed by atoms with E-state index >= 15 is 0 Å². The lowest BCUT2D eigenvalue weighted by Gasteiger charge is -2.21. The van der Waals surface area contributed by atoms with Crippen LogP contribution < -0.4 is 10.4 Å². The molecule has 2 aliphatic rings. The first-order chi connectivity index (χ1) is 10.6. The molecule has 22 heavy (non-hydrogen) atoms. The topological polar surface area (TPSA) is 61.8 Å². The maximum Gasteiger partial charge on any atom is 0.266 e. The highest BCUT2D eigenvalue weighted by Gasteiger charge is 2.32. The van der Waals surface area contributed by atoms with Gasteiger partial charge >= 0.3 is 0 Å². The highest BCUT2D eigenvalue weighted by molar-refractivity contribution is 6.25. The standard InChI is InChI=1S/C17H14O5/c1-20-15-12-6-4-9-8-10(18)5-7-11(9)13(12)16(21-2)17(22-3)14(15)19/h4-8H,1-3H3. The lowest BCUT2D eigenvalue weighted by molar-refractivity contribution is -0.115. The van der Waals surface area contributed by atoms with E-state index in [1.54, 1.807) is 18.2 Å². The minimum Gasteiger partial charge on any atom is -0.492 e. The summed E-state index contributed by atoms with van der Waals surface area (Å²) in [6, 6.07) is 3.53. The normalized spacial score (nSPS) is 16.0. The highest BCUT2D eigenvalue weighted by atomic mass is 16.5. The van der Waals surface area contributed by atoms with E-state index in [-0.39, 0.29) is 23.1 Å². The average molecular weight is 298 g/mol. The molecular weight excluding hydrogens is 284 g/mol. The maximum absolute atomic E-state index is 12.4. The second-order valence-electron chi connectivity index (χ2n) is 4.80. The van der Waals surface area contributed by atoms with Gasteiger partial charge in [-0.3, -0.25) is 9.59 Å². The zero-order valence-corrected chi connectivity index (χ0v) is 12.4. The number of benzene rings is 1. The van der Waals surface area contributed by atoms with Gasteiger partial charge in [-0.05, 0) is 35.1 Å². The Morgan fingerprint density at radius 3 is 2.14 bits per heavy atom. The lowest BCUT2D eigenvalue weighted by Crippen LogP contribution is -2.31. The summed E-state index contributed by atoms with van der Waals surface area (Å²) in [5.74, 6) is 0.179. The summed E-state index contributed by atoms with van der Waals surface area (Å²) in [7, 11) is 4.32. The van der Waals surface area contributed by atoms with Crippen molar-refractivity contribution >= 4 is 35.2 Å². The van der Waals surface area contributed by atoms with Crippen molar-refractivity contribution in [2.75, 3.05) is 21.3 Å². The first-order valence-corrected chi connectivity index (χ1v) is 6.64. The lowest BCUT2D eigenvalue weighted by atomic mass is 9.91. The third kappa shape index (κ3) is 1.86. The molecule has 5 heteroatoms. The third-order valence-electron chi connectivity index (χ3n) is 3.69. The maximum atomic E-state index is 12.4. The van der Waals surface area contributed by atoms with Crippen LogP contribution in [0.3, 0.4) is 0 Å². The summed E-state index contributed by atoms with van der Waals surface area (Å²) in [5.41, 5.74) is 1.49. The molecule has 0 unspecified atom stereocenters. The molecule has 0 atom stereocenters. The van der Waals surface area contributed by atoms with E-state index in [4.69, 9.17) is 14.2 Å². The number of methoxy groups -OCH3 is 3. The van der Waals surface area contributed by atoms with Crippen molar-refractivity contribution in [2.45, 2.75) is 0 Å². The van der Waals surface area contributed by atoms with Gasteiger partial charge in [0.05, 0.1) is 21.3 Å². The van der Waals surface area contributed by atoms with Crippen molar-refractivity contribution in [3.8, 4) is 0 Å². The minimum atomic E-state index is -0.367. The number of Topliss-reactive ketones (excluding diaryl/α,β-unsaturated/α-hetero) is 1. The molecule has 0 bridgehead atoms. The van der Waals surface area contributed by atoms with Gasteiger partial charge < -0.3 is 14.2 Å². The van der Waals surface area contributed by atoms with Crippen molar-refractivity contribution in [1.82, 2.24) is 0 Å². The van der Waals surface area contributed by atoms with E-state index in [9.17, 15) is 9.59 Å². The molecule has 0 amide bonds. The molecule has 1 aromatic carbocycles. The Morgan fingerprint density at radius 1 is 0.818 bits per heavy atom. The molecule has 2 aliphatic carbocycles. The average Bonchev–Trinajstić information content (AvgIpc) is 2.53. The van der Waals surface area contributed by atoms with Gasteiger partial charge in [-0.15, -0.1) is 0 Å². The van der Waals surface area contributed by atoms with Crippen molar-refractivity contribution in [2.24, 2.45) is 0 Å². The predicted octanol–water partition coefficient (Wildman–Crippen LogP) is 0.362. The van der Waals surface area contributed by atoms with Crippen LogP contribution in [0.2, 0.25) is 0 Å². The zero-order valence-electron chi connectivity index (χ0n) is 12.4. The number of ether oxygens (including phenoxy) is 3. The Morgan fingerprint density at radius 2 is 1.50 bits per heavy atom. The van der Waals surface area contributed by atoms with Crippen LogP contribution in [0.4, 0.5) is 0 Å². The van der Waals surface area contributed by atoms with Crippen molar-refractivity contribution in [1.29, 1.82) is 0 Å². The molecule has 1 aromatic rings. The fourth-order valence-electron chi connectivity index (χ4n) is 2.77. The van der Waals surface area contributed by atoms with E-state index in [1.807, 2.05) is 0 Å². The van der Waals surface area contributed by atoms with Gasteiger partial charge in [0, 0.05) is 10.8 Å². The Labute approximate surface area is 126 Å². The molecule has 0 aromatic heterocycles. The quantitative estimate of drug-likeness (QED) is 0.806. The number of hydrogen-bond acceptors (Lipinski definition) is 5. The van der Waals surface area contributed by atoms with Gasteiger partial charge in [-0.2, -0.15) is 0 Å². The number of hydrogen-bond donors (Lipinski definition) is 0. The van der Waals surface area contributed by atoms with Gasteiger partial charge in [0.15, 0.2) is 17.3 Å². The molecule has 0 fully saturated rings. The Kier molecular flexibility index (Phi) is 3.33. The van der Waals surface area contributed by atoms with Gasteiger partial charge in [0.25, 0.3) is 5.78 Å². The van der Waals surface area contributed by atoms with Crippen molar-refractivity contribution in [3.63, 3.8) is 0 Å². The van der Waals surface area contributed by atoms with Crippen LogP contribution in [0, 0.1) is 0 Å². The van der Waals surface area contributed by atoms with E-state index in [2.05, 4.69) is 0 Å². The van der Waals surface area contributed by atoms with E-state index in [0.29, 0.717) is 16.5 Å². The fourth-order valence-corrected chi connectivity index (χ4v) is 2.77. The van der Waals surface area contributed by atoms with E-state index in [0.717, 1.165) is 10.8 Å². The van der Waals surface area contributed by atoms with Crippen LogP contribution in [0.5, 0.6) is 0 Å². The summed E-state index contributed by atoms with van der Waals surface area (Å²) in [6.07, 6.45) is 4.73. The SMILES string of the molecule is COC1=C(OC)c2c3c(ccc2=C(OC)C1=O)=CC(=O)C=C3. The largest absolute Gasteiger partial charge is 0.492 e. The first kappa shape index (κ1) is 14.1. The Balaban J connectivity index is 2.50. The van der Waals surface area contributed by atoms with Crippen LogP contribution in [0.1, 0.15) is 11.1 Å². The fraction of sp³-hybridized carbons (Fsp3) is 0.176. The molecule has 0 saturated heterocycles. The zero-order chi connectivity index (χ0) is 15.9. The summed E-state index contributed by atoms with van der Waals surface area (Å²) in [5, 5.41) is 1.39. The number of carbonyl (C=O) groups excluding carboxylic acids is 2. The molecule has 0 saturated carbocycles. The van der Waals surface area contributed by atoms with Crippen LogP contribution >= 0.6 is 0 Å².